The van der Waals surface area contributed by atoms with Crippen LogP contribution in [0.3, 0.4) is 0 Å². The Morgan fingerprint density at radius 2 is 1.34 bits per heavy atom. The van der Waals surface area contributed by atoms with Gasteiger partial charge in [0.25, 0.3) is 0 Å². The highest BCUT2D eigenvalue weighted by Gasteiger charge is 2.40. The highest BCUT2D eigenvalue weighted by Crippen LogP contribution is 2.25. The van der Waals surface area contributed by atoms with Crippen LogP contribution in [0.2, 0.25) is 0 Å². The van der Waals surface area contributed by atoms with Crippen LogP contribution in [0, 0.1) is 0 Å². The van der Waals surface area contributed by atoms with Gasteiger partial charge in [0.2, 0.25) is 0 Å². The predicted molar refractivity (Wildman–Crippen MR) is 127 cm³/mol. The molecule has 3 nitrogen and oxygen atoms in total. The molecule has 1 rings (SSSR count). The number of nitrogens with one attached hydrogen (secondary N) is 1. The molecule has 0 aliphatic carbocycles. The average Bonchev–Trinajstić information content (AvgIpc) is 3.14. The second kappa shape index (κ2) is 16.9. The van der Waals surface area contributed by atoms with Gasteiger partial charge < -0.3 is 10.4 Å². The van der Waals surface area contributed by atoms with E-state index in [1.54, 1.807) is 0 Å². The van der Waals surface area contributed by atoms with Crippen molar-refractivity contribution in [2.75, 3.05) is 6.54 Å². The number of unbranched alkanes of at least 4 members (excludes halogenated alkanes) is 13. The molecule has 0 radical (unpaired) electrons. The van der Waals surface area contributed by atoms with Gasteiger partial charge in [-0.2, -0.15) is 0 Å². The fraction of sp³-hybridized carbons (Fsp3) is 0.846. The van der Waals surface area contributed by atoms with Crippen molar-refractivity contribution in [2.45, 2.75) is 136 Å². The summed E-state index contributed by atoms with van der Waals surface area (Å²) >= 11 is 0. The van der Waals surface area contributed by atoms with Crippen LogP contribution in [0.1, 0.15) is 124 Å². The summed E-state index contributed by atoms with van der Waals surface area (Å²) in [6.07, 6.45) is 30.5. The molecule has 3 heteroatoms. The molecule has 0 spiro atoms. The first kappa shape index (κ1) is 26.2. The first-order chi connectivity index (χ1) is 14.2. The highest BCUT2D eigenvalue weighted by molar-refractivity contribution is 4.84. The Bertz CT molecular complexity index is 432. The number of allylic oxidation sites excluding steroid dienone is 2. The predicted octanol–water partition coefficient (Wildman–Crippen LogP) is 7.38. The van der Waals surface area contributed by atoms with Crippen LogP contribution in [0.5, 0.6) is 0 Å². The lowest BCUT2D eigenvalue weighted by atomic mass is 10.0. The van der Waals surface area contributed by atoms with E-state index in [1.807, 2.05) is 13.1 Å². The Morgan fingerprint density at radius 3 is 1.86 bits per heavy atom. The van der Waals surface area contributed by atoms with Crippen molar-refractivity contribution in [3.63, 3.8) is 0 Å². The van der Waals surface area contributed by atoms with Crippen molar-refractivity contribution in [3.8, 4) is 0 Å². The summed E-state index contributed by atoms with van der Waals surface area (Å²) in [5, 5.41) is 13.7. The van der Waals surface area contributed by atoms with Gasteiger partial charge >= 0.3 is 0 Å². The second-order valence-electron chi connectivity index (χ2n) is 9.02. The van der Waals surface area contributed by atoms with Gasteiger partial charge in [-0.15, -0.1) is 0 Å². The zero-order chi connectivity index (χ0) is 21.2. The van der Waals surface area contributed by atoms with Gasteiger partial charge in [-0.05, 0) is 39.0 Å². The first-order valence-corrected chi connectivity index (χ1v) is 12.8. The van der Waals surface area contributed by atoms with Crippen LogP contribution >= 0.6 is 0 Å². The first-order valence-electron chi connectivity index (χ1n) is 12.8. The van der Waals surface area contributed by atoms with Gasteiger partial charge in [0.15, 0.2) is 12.4 Å². The molecule has 0 saturated heterocycles. The summed E-state index contributed by atoms with van der Waals surface area (Å²) in [7, 11) is 0. The molecule has 0 aromatic rings. The topological polar surface area (TPSA) is 32.3 Å². The number of hydrogen-bond acceptors (Lipinski definition) is 2. The third-order valence-corrected chi connectivity index (χ3v) is 6.70. The average molecular weight is 408 g/mol. The van der Waals surface area contributed by atoms with Gasteiger partial charge in [0.05, 0.1) is 12.7 Å². The van der Waals surface area contributed by atoms with E-state index in [-0.39, 0.29) is 6.23 Å². The molecular weight excluding hydrogens is 356 g/mol. The summed E-state index contributed by atoms with van der Waals surface area (Å²) in [5.74, 6) is 0. The SMILES string of the molecule is CCCCCCC/C=C/CCCCCCCCCCC1NC=C[N+]1(CC)C(C)O. The molecule has 0 saturated carbocycles. The number of rotatable bonds is 19. The molecule has 3 unspecified atom stereocenters. The molecule has 3 atom stereocenters. The number of nitrogens with zero attached hydrogens (tertiary/aromatic N) is 1. The van der Waals surface area contributed by atoms with Gasteiger partial charge in [-0.25, -0.2) is 0 Å². The maximum Gasteiger partial charge on any atom is 0.193 e. The monoisotopic (exact) mass is 407 g/mol. The second-order valence-corrected chi connectivity index (χ2v) is 9.02. The number of quaternary nitrogens is 1. The minimum absolute atomic E-state index is 0.336. The Labute approximate surface area is 182 Å². The molecule has 170 valence electrons. The lowest BCUT2D eigenvalue weighted by Gasteiger charge is -2.39. The van der Waals surface area contributed by atoms with E-state index >= 15 is 0 Å². The van der Waals surface area contributed by atoms with Crippen LogP contribution in [0.25, 0.3) is 0 Å². The van der Waals surface area contributed by atoms with Crippen LogP contribution < -0.4 is 5.32 Å². The quantitative estimate of drug-likeness (QED) is 0.133. The molecule has 1 aliphatic rings. The number of aliphatic hydroxyl groups excluding tert-OH is 1. The van der Waals surface area contributed by atoms with Gasteiger partial charge in [-0.3, -0.25) is 4.48 Å². The van der Waals surface area contributed by atoms with Gasteiger partial charge in [0.1, 0.15) is 6.20 Å². The largest absolute Gasteiger partial charge is 0.345 e. The summed E-state index contributed by atoms with van der Waals surface area (Å²) in [6, 6.07) is 0. The normalized spacial score (nSPS) is 22.4. The minimum Gasteiger partial charge on any atom is -0.345 e. The van der Waals surface area contributed by atoms with Crippen LogP contribution in [0.4, 0.5) is 0 Å². The molecule has 0 aromatic carbocycles. The number of hydrogen-bond donors (Lipinski definition) is 2. The van der Waals surface area contributed by atoms with Crippen molar-refractivity contribution in [3.05, 3.63) is 24.6 Å². The lowest BCUT2D eigenvalue weighted by Crippen LogP contribution is -2.57. The molecule has 0 aromatic heterocycles. The molecule has 0 amide bonds. The maximum absolute atomic E-state index is 10.2. The van der Waals surface area contributed by atoms with E-state index < -0.39 is 0 Å². The molecule has 0 fully saturated rings. The highest BCUT2D eigenvalue weighted by atomic mass is 16.3. The van der Waals surface area contributed by atoms with Crippen molar-refractivity contribution in [2.24, 2.45) is 0 Å². The lowest BCUT2D eigenvalue weighted by molar-refractivity contribution is -0.942. The van der Waals surface area contributed by atoms with Crippen LogP contribution in [-0.4, -0.2) is 28.5 Å². The molecule has 29 heavy (non-hydrogen) atoms. The summed E-state index contributed by atoms with van der Waals surface area (Å²) in [5.41, 5.74) is 0. The fourth-order valence-electron chi connectivity index (χ4n) is 4.60. The molecule has 1 aliphatic heterocycles. The van der Waals surface area contributed by atoms with Crippen molar-refractivity contribution >= 4 is 0 Å². The van der Waals surface area contributed by atoms with E-state index in [1.165, 1.54) is 96.3 Å². The van der Waals surface area contributed by atoms with E-state index in [0.29, 0.717) is 10.6 Å². The third kappa shape index (κ3) is 10.7. The van der Waals surface area contributed by atoms with Crippen molar-refractivity contribution < 1.29 is 9.59 Å². The van der Waals surface area contributed by atoms with Gasteiger partial charge in [-0.1, -0.05) is 83.3 Å². The Hall–Kier alpha value is -0.800. The molecule has 1 heterocycles. The molecule has 2 N–H and O–H groups in total. The Morgan fingerprint density at radius 1 is 0.828 bits per heavy atom. The summed E-state index contributed by atoms with van der Waals surface area (Å²) < 4.78 is 0.674. The van der Waals surface area contributed by atoms with Gasteiger partial charge in [0, 0.05) is 13.3 Å². The van der Waals surface area contributed by atoms with Crippen molar-refractivity contribution in [1.82, 2.24) is 5.32 Å². The molecular formula is C26H51N2O+. The zero-order valence-corrected chi connectivity index (χ0v) is 19.9. The summed E-state index contributed by atoms with van der Waals surface area (Å²) in [4.78, 5) is 0. The van der Waals surface area contributed by atoms with E-state index in [4.69, 9.17) is 0 Å². The Kier molecular flexibility index (Phi) is 15.3. The maximum atomic E-state index is 10.2. The van der Waals surface area contributed by atoms with E-state index in [0.717, 1.165) is 13.0 Å². The summed E-state index contributed by atoms with van der Waals surface area (Å²) in [6.45, 7) is 7.31. The van der Waals surface area contributed by atoms with E-state index in [9.17, 15) is 5.11 Å². The van der Waals surface area contributed by atoms with E-state index in [2.05, 4.69) is 37.5 Å². The smallest absolute Gasteiger partial charge is 0.193 e. The minimum atomic E-state index is -0.336. The van der Waals surface area contributed by atoms with Crippen LogP contribution in [0.15, 0.2) is 24.6 Å². The standard InChI is InChI=1S/C26H51N2O/c1-4-6-7-8-9-10-11-12-13-14-15-16-17-18-19-20-21-22-26-27-23-24-28(26,5-2)25(3)29/h11-12,23-27,29H,4-10,13-22H2,1-3H3/q+1/b12-11+. The third-order valence-electron chi connectivity index (χ3n) is 6.70. The van der Waals surface area contributed by atoms with Crippen molar-refractivity contribution in [1.29, 1.82) is 0 Å². The zero-order valence-electron chi connectivity index (χ0n) is 19.9. The molecule has 0 bridgehead atoms. The number of aliphatic hydroxyl groups is 1. The van der Waals surface area contributed by atoms with Crippen LogP contribution in [-0.2, 0) is 0 Å². The Balaban J connectivity index is 1.88. The fourth-order valence-corrected chi connectivity index (χ4v) is 4.60.